The molecule has 0 bridgehead atoms. The number of benzene rings is 1. The van der Waals surface area contributed by atoms with Crippen LogP contribution in [0, 0.1) is 0 Å². The monoisotopic (exact) mass is 265 g/mol. The molecule has 102 valence electrons. The van der Waals surface area contributed by atoms with Crippen LogP contribution in [0.4, 0.5) is 0 Å². The van der Waals surface area contributed by atoms with Crippen LogP contribution in [0.5, 0.6) is 11.5 Å². The predicted octanol–water partition coefficient (Wildman–Crippen LogP) is 0.635. The lowest BCUT2D eigenvalue weighted by molar-refractivity contribution is -0.144. The lowest BCUT2D eigenvalue weighted by Crippen LogP contribution is -2.41. The van der Waals surface area contributed by atoms with Crippen LogP contribution in [0.15, 0.2) is 18.2 Å². The second kappa shape index (κ2) is 5.60. The Morgan fingerprint density at radius 3 is 2.79 bits per heavy atom. The SMILES string of the molecule is COC(=O)[C@@H](Cc1ccc2c(c1)OCO2)NC(C)=O. The minimum Gasteiger partial charge on any atom is -0.467 e. The van der Waals surface area contributed by atoms with Gasteiger partial charge in [-0.25, -0.2) is 4.79 Å². The smallest absolute Gasteiger partial charge is 0.328 e. The Balaban J connectivity index is 2.12. The van der Waals surface area contributed by atoms with E-state index < -0.39 is 12.0 Å². The van der Waals surface area contributed by atoms with Gasteiger partial charge in [-0.15, -0.1) is 0 Å². The summed E-state index contributed by atoms with van der Waals surface area (Å²) >= 11 is 0. The first-order chi connectivity index (χ1) is 9.10. The number of amides is 1. The van der Waals surface area contributed by atoms with Crippen molar-refractivity contribution < 1.29 is 23.8 Å². The number of carbonyl (C=O) groups excluding carboxylic acids is 2. The Morgan fingerprint density at radius 2 is 2.11 bits per heavy atom. The molecule has 1 heterocycles. The van der Waals surface area contributed by atoms with Crippen molar-refractivity contribution in [3.63, 3.8) is 0 Å². The number of hydrogen-bond acceptors (Lipinski definition) is 5. The molecule has 1 aromatic rings. The highest BCUT2D eigenvalue weighted by Gasteiger charge is 2.22. The van der Waals surface area contributed by atoms with E-state index in [2.05, 4.69) is 10.1 Å². The highest BCUT2D eigenvalue weighted by molar-refractivity contribution is 5.83. The predicted molar refractivity (Wildman–Crippen MR) is 65.9 cm³/mol. The average Bonchev–Trinajstić information content (AvgIpc) is 2.84. The number of fused-ring (bicyclic) bond motifs is 1. The molecular formula is C13H15NO5. The van der Waals surface area contributed by atoms with Gasteiger partial charge in [-0.05, 0) is 17.7 Å². The van der Waals surface area contributed by atoms with Gasteiger partial charge in [-0.3, -0.25) is 4.79 Å². The van der Waals surface area contributed by atoms with Gasteiger partial charge in [-0.1, -0.05) is 6.07 Å². The third-order valence-corrected chi connectivity index (χ3v) is 2.74. The van der Waals surface area contributed by atoms with Crippen molar-refractivity contribution in [1.82, 2.24) is 5.32 Å². The van der Waals surface area contributed by atoms with Gasteiger partial charge in [0.15, 0.2) is 11.5 Å². The molecule has 0 radical (unpaired) electrons. The quantitative estimate of drug-likeness (QED) is 0.808. The molecule has 1 N–H and O–H groups in total. The number of nitrogens with one attached hydrogen (secondary N) is 1. The summed E-state index contributed by atoms with van der Waals surface area (Å²) < 4.78 is 15.1. The molecule has 1 aliphatic heterocycles. The fourth-order valence-electron chi connectivity index (χ4n) is 1.88. The second-order valence-corrected chi connectivity index (χ2v) is 4.17. The third kappa shape index (κ3) is 3.15. The highest BCUT2D eigenvalue weighted by atomic mass is 16.7. The fraction of sp³-hybridized carbons (Fsp3) is 0.385. The summed E-state index contributed by atoms with van der Waals surface area (Å²) in [6.45, 7) is 1.56. The van der Waals surface area contributed by atoms with E-state index in [-0.39, 0.29) is 12.7 Å². The highest BCUT2D eigenvalue weighted by Crippen LogP contribution is 2.32. The van der Waals surface area contributed by atoms with E-state index in [4.69, 9.17) is 9.47 Å². The van der Waals surface area contributed by atoms with Gasteiger partial charge in [0.05, 0.1) is 7.11 Å². The van der Waals surface area contributed by atoms with Crippen LogP contribution in [-0.4, -0.2) is 31.8 Å². The minimum atomic E-state index is -0.706. The summed E-state index contributed by atoms with van der Waals surface area (Å²) in [5, 5.41) is 2.56. The summed E-state index contributed by atoms with van der Waals surface area (Å²) in [6.07, 6.45) is 0.336. The van der Waals surface area contributed by atoms with Crippen LogP contribution in [0.3, 0.4) is 0 Å². The van der Waals surface area contributed by atoms with Gasteiger partial charge in [0.1, 0.15) is 6.04 Å². The average molecular weight is 265 g/mol. The molecule has 1 aromatic carbocycles. The summed E-state index contributed by atoms with van der Waals surface area (Å²) in [6, 6.07) is 4.69. The molecule has 1 aliphatic rings. The standard InChI is InChI=1S/C13H15NO5/c1-8(15)14-10(13(16)17-2)5-9-3-4-11-12(6-9)19-7-18-11/h3-4,6,10H,5,7H2,1-2H3,(H,14,15)/t10-/m1/s1. The van der Waals surface area contributed by atoms with Gasteiger partial charge in [0, 0.05) is 13.3 Å². The minimum absolute atomic E-state index is 0.199. The van der Waals surface area contributed by atoms with E-state index in [1.807, 2.05) is 6.07 Å². The molecule has 1 atom stereocenters. The maximum Gasteiger partial charge on any atom is 0.328 e. The van der Waals surface area contributed by atoms with E-state index >= 15 is 0 Å². The first-order valence-electron chi connectivity index (χ1n) is 5.83. The molecule has 0 fully saturated rings. The molecule has 6 heteroatoms. The third-order valence-electron chi connectivity index (χ3n) is 2.74. The van der Waals surface area contributed by atoms with E-state index in [9.17, 15) is 9.59 Å². The van der Waals surface area contributed by atoms with Crippen molar-refractivity contribution in [3.05, 3.63) is 23.8 Å². The Kier molecular flexibility index (Phi) is 3.89. The molecule has 0 saturated carbocycles. The van der Waals surface area contributed by atoms with Crippen molar-refractivity contribution in [1.29, 1.82) is 0 Å². The maximum absolute atomic E-state index is 11.6. The van der Waals surface area contributed by atoms with Crippen molar-refractivity contribution in [2.24, 2.45) is 0 Å². The second-order valence-electron chi connectivity index (χ2n) is 4.17. The molecule has 0 saturated heterocycles. The van der Waals surface area contributed by atoms with Crippen molar-refractivity contribution in [2.45, 2.75) is 19.4 Å². The van der Waals surface area contributed by atoms with E-state index in [1.165, 1.54) is 14.0 Å². The van der Waals surface area contributed by atoms with Gasteiger partial charge in [0.25, 0.3) is 0 Å². The Bertz CT molecular complexity index is 500. The molecule has 19 heavy (non-hydrogen) atoms. The maximum atomic E-state index is 11.6. The van der Waals surface area contributed by atoms with Gasteiger partial charge in [0.2, 0.25) is 12.7 Å². The first-order valence-corrected chi connectivity index (χ1v) is 5.83. The largest absolute Gasteiger partial charge is 0.467 e. The number of ether oxygens (including phenoxy) is 3. The molecule has 0 spiro atoms. The Hall–Kier alpha value is -2.24. The normalized spacial score (nSPS) is 13.8. The van der Waals surface area contributed by atoms with Crippen LogP contribution in [-0.2, 0) is 20.7 Å². The topological polar surface area (TPSA) is 73.9 Å². The number of carbonyl (C=O) groups is 2. The summed E-state index contributed by atoms with van der Waals surface area (Å²) in [5.74, 6) is 0.561. The van der Waals surface area contributed by atoms with Crippen LogP contribution >= 0.6 is 0 Å². The Morgan fingerprint density at radius 1 is 1.37 bits per heavy atom. The lowest BCUT2D eigenvalue weighted by atomic mass is 10.1. The number of methoxy groups -OCH3 is 1. The van der Waals surface area contributed by atoms with Crippen LogP contribution in [0.25, 0.3) is 0 Å². The Labute approximate surface area is 110 Å². The lowest BCUT2D eigenvalue weighted by Gasteiger charge is -2.15. The van der Waals surface area contributed by atoms with Crippen molar-refractivity contribution >= 4 is 11.9 Å². The fourth-order valence-corrected chi connectivity index (χ4v) is 1.88. The zero-order valence-electron chi connectivity index (χ0n) is 10.8. The van der Waals surface area contributed by atoms with Gasteiger partial charge < -0.3 is 19.5 Å². The summed E-state index contributed by atoms with van der Waals surface area (Å²) in [5.41, 5.74) is 0.855. The van der Waals surface area contributed by atoms with Gasteiger partial charge in [-0.2, -0.15) is 0 Å². The van der Waals surface area contributed by atoms with Crippen molar-refractivity contribution in [3.8, 4) is 11.5 Å². The van der Waals surface area contributed by atoms with Crippen LogP contribution in [0.2, 0.25) is 0 Å². The number of esters is 1. The molecule has 1 amide bonds. The van der Waals surface area contributed by atoms with Crippen LogP contribution in [0.1, 0.15) is 12.5 Å². The number of hydrogen-bond donors (Lipinski definition) is 1. The molecule has 6 nitrogen and oxygen atoms in total. The zero-order valence-corrected chi connectivity index (χ0v) is 10.8. The van der Waals surface area contributed by atoms with Crippen molar-refractivity contribution in [2.75, 3.05) is 13.9 Å². The first kappa shape index (κ1) is 13.2. The molecule has 0 aliphatic carbocycles. The molecule has 2 rings (SSSR count). The van der Waals surface area contributed by atoms with E-state index in [0.29, 0.717) is 17.9 Å². The number of rotatable bonds is 4. The molecule has 0 aromatic heterocycles. The summed E-state index contributed by atoms with van der Waals surface area (Å²) in [4.78, 5) is 22.7. The molecular weight excluding hydrogens is 250 g/mol. The molecule has 0 unspecified atom stereocenters. The van der Waals surface area contributed by atoms with E-state index in [1.54, 1.807) is 12.1 Å². The van der Waals surface area contributed by atoms with Gasteiger partial charge >= 0.3 is 5.97 Å². The van der Waals surface area contributed by atoms with E-state index in [0.717, 1.165) is 5.56 Å². The van der Waals surface area contributed by atoms with Crippen LogP contribution < -0.4 is 14.8 Å². The zero-order chi connectivity index (χ0) is 13.8. The summed E-state index contributed by atoms with van der Waals surface area (Å²) in [7, 11) is 1.29.